The quantitative estimate of drug-likeness (QED) is 0.511. The minimum absolute atomic E-state index is 0.147. The van der Waals surface area contributed by atoms with Gasteiger partial charge in [0.05, 0.1) is 5.69 Å². The summed E-state index contributed by atoms with van der Waals surface area (Å²) in [5, 5.41) is 1.01. The van der Waals surface area contributed by atoms with Gasteiger partial charge in [-0.1, -0.05) is 6.07 Å². The first-order chi connectivity index (χ1) is 6.90. The third-order valence-corrected chi connectivity index (χ3v) is 3.70. The first-order valence-corrected chi connectivity index (χ1v) is 5.85. The lowest BCUT2D eigenvalue weighted by atomic mass is 9.79. The Morgan fingerprint density at radius 2 is 1.87 bits per heavy atom. The van der Waals surface area contributed by atoms with Crippen LogP contribution in [0, 0.1) is 0 Å². The van der Waals surface area contributed by atoms with Gasteiger partial charge in [-0.2, -0.15) is 0 Å². The SMILES string of the molecule is CC(=O)C(C)(C(C)=O)c1ncccc1[SiH3]. The number of pyridine rings is 1. The molecule has 0 N–H and O–H groups in total. The van der Waals surface area contributed by atoms with Crippen molar-refractivity contribution in [1.29, 1.82) is 0 Å². The lowest BCUT2D eigenvalue weighted by Gasteiger charge is -2.24. The van der Waals surface area contributed by atoms with E-state index in [1.807, 2.05) is 12.1 Å². The van der Waals surface area contributed by atoms with Crippen LogP contribution in [0.2, 0.25) is 0 Å². The fraction of sp³-hybridized carbons (Fsp3) is 0.364. The molecule has 0 aliphatic carbocycles. The average Bonchev–Trinajstić information content (AvgIpc) is 2.16. The highest BCUT2D eigenvalue weighted by Gasteiger charge is 2.39. The molecule has 0 aliphatic heterocycles. The predicted molar refractivity (Wildman–Crippen MR) is 62.5 cm³/mol. The lowest BCUT2D eigenvalue weighted by molar-refractivity contribution is -0.132. The van der Waals surface area contributed by atoms with E-state index >= 15 is 0 Å². The Morgan fingerprint density at radius 3 is 2.27 bits per heavy atom. The zero-order valence-corrected chi connectivity index (χ0v) is 11.5. The van der Waals surface area contributed by atoms with Crippen molar-refractivity contribution in [3.8, 4) is 0 Å². The molecule has 80 valence electrons. The monoisotopic (exact) mass is 221 g/mol. The van der Waals surface area contributed by atoms with Gasteiger partial charge in [0.2, 0.25) is 0 Å². The van der Waals surface area contributed by atoms with Crippen molar-refractivity contribution in [2.45, 2.75) is 26.2 Å². The van der Waals surface area contributed by atoms with Crippen molar-refractivity contribution in [2.24, 2.45) is 0 Å². The highest BCUT2D eigenvalue weighted by atomic mass is 28.1. The van der Waals surface area contributed by atoms with Crippen LogP contribution < -0.4 is 5.19 Å². The van der Waals surface area contributed by atoms with Gasteiger partial charge >= 0.3 is 0 Å². The van der Waals surface area contributed by atoms with Crippen LogP contribution in [0.15, 0.2) is 18.3 Å². The zero-order chi connectivity index (χ0) is 11.6. The van der Waals surface area contributed by atoms with Crippen molar-refractivity contribution in [3.63, 3.8) is 0 Å². The Hall–Kier alpha value is -1.29. The lowest BCUT2D eigenvalue weighted by Crippen LogP contribution is -2.42. The molecule has 0 amide bonds. The smallest absolute Gasteiger partial charge is 0.149 e. The van der Waals surface area contributed by atoms with Gasteiger partial charge in [-0.3, -0.25) is 14.6 Å². The summed E-state index contributed by atoms with van der Waals surface area (Å²) in [7, 11) is 0.781. The molecule has 4 heteroatoms. The van der Waals surface area contributed by atoms with Gasteiger partial charge in [-0.05, 0) is 32.0 Å². The van der Waals surface area contributed by atoms with Gasteiger partial charge in [0.1, 0.15) is 17.0 Å². The van der Waals surface area contributed by atoms with Crippen LogP contribution >= 0.6 is 0 Å². The number of carbonyl (C=O) groups excluding carboxylic acids is 2. The van der Waals surface area contributed by atoms with Crippen LogP contribution in [0.4, 0.5) is 0 Å². The zero-order valence-electron chi connectivity index (χ0n) is 9.50. The number of ketones is 2. The van der Waals surface area contributed by atoms with E-state index in [4.69, 9.17) is 0 Å². The topological polar surface area (TPSA) is 47.0 Å². The van der Waals surface area contributed by atoms with Crippen LogP contribution in [0.25, 0.3) is 0 Å². The largest absolute Gasteiger partial charge is 0.298 e. The van der Waals surface area contributed by atoms with Crippen LogP contribution in [-0.2, 0) is 15.0 Å². The van der Waals surface area contributed by atoms with Gasteiger partial charge in [0.25, 0.3) is 0 Å². The van der Waals surface area contributed by atoms with E-state index in [1.165, 1.54) is 13.8 Å². The normalized spacial score (nSPS) is 11.4. The number of Topliss-reactive ketones (excluding diaryl/α,β-unsaturated/α-hetero) is 2. The van der Waals surface area contributed by atoms with Gasteiger partial charge in [0.15, 0.2) is 0 Å². The molecule has 1 aromatic rings. The molecule has 0 spiro atoms. The van der Waals surface area contributed by atoms with Crippen LogP contribution in [0.5, 0.6) is 0 Å². The van der Waals surface area contributed by atoms with Gasteiger partial charge in [-0.25, -0.2) is 0 Å². The molecular formula is C11H15NO2Si. The molecule has 0 aliphatic rings. The predicted octanol–water partition coefficient (Wildman–Crippen LogP) is -0.492. The molecule has 1 heterocycles. The minimum Gasteiger partial charge on any atom is -0.298 e. The summed E-state index contributed by atoms with van der Waals surface area (Å²) in [6, 6.07) is 3.74. The number of aromatic nitrogens is 1. The van der Waals surface area contributed by atoms with Crippen molar-refractivity contribution >= 4 is 27.0 Å². The Balaban J connectivity index is 3.41. The van der Waals surface area contributed by atoms with Gasteiger partial charge in [0, 0.05) is 16.4 Å². The summed E-state index contributed by atoms with van der Waals surface area (Å²) in [6.07, 6.45) is 1.63. The molecule has 0 unspecified atom stereocenters. The molecule has 0 radical (unpaired) electrons. The molecular weight excluding hydrogens is 206 g/mol. The maximum Gasteiger partial charge on any atom is 0.149 e. The number of hydrogen-bond acceptors (Lipinski definition) is 3. The maximum absolute atomic E-state index is 11.6. The molecule has 1 rings (SSSR count). The molecule has 0 atom stereocenters. The molecule has 0 aromatic carbocycles. The van der Waals surface area contributed by atoms with Crippen LogP contribution in [-0.4, -0.2) is 26.8 Å². The molecule has 0 saturated carbocycles. The van der Waals surface area contributed by atoms with Crippen molar-refractivity contribution < 1.29 is 9.59 Å². The summed E-state index contributed by atoms with van der Waals surface area (Å²) in [5.74, 6) is -0.295. The second kappa shape index (κ2) is 4.06. The number of nitrogens with zero attached hydrogens (tertiary/aromatic N) is 1. The molecule has 0 saturated heterocycles. The second-order valence-corrected chi connectivity index (χ2v) is 4.98. The summed E-state index contributed by atoms with van der Waals surface area (Å²) < 4.78 is 0. The Kier molecular flexibility index (Phi) is 3.19. The third kappa shape index (κ3) is 1.90. The summed E-state index contributed by atoms with van der Waals surface area (Å²) in [4.78, 5) is 27.4. The Morgan fingerprint density at radius 1 is 1.33 bits per heavy atom. The average molecular weight is 221 g/mol. The van der Waals surface area contributed by atoms with Gasteiger partial charge < -0.3 is 0 Å². The van der Waals surface area contributed by atoms with E-state index in [2.05, 4.69) is 4.98 Å². The first kappa shape index (κ1) is 11.8. The standard InChI is InChI=1S/C11H15NO2Si/c1-7(13)11(3,8(2)14)10-9(15)5-4-6-12-10/h4-6H,1-3,15H3. The van der Waals surface area contributed by atoms with E-state index in [0.717, 1.165) is 15.4 Å². The fourth-order valence-electron chi connectivity index (χ4n) is 1.59. The summed E-state index contributed by atoms with van der Waals surface area (Å²) in [6.45, 7) is 4.54. The molecule has 15 heavy (non-hydrogen) atoms. The first-order valence-electron chi connectivity index (χ1n) is 4.85. The van der Waals surface area contributed by atoms with E-state index in [1.54, 1.807) is 13.1 Å². The molecule has 0 bridgehead atoms. The van der Waals surface area contributed by atoms with E-state index in [0.29, 0.717) is 5.69 Å². The van der Waals surface area contributed by atoms with Crippen molar-refractivity contribution in [2.75, 3.05) is 0 Å². The minimum atomic E-state index is -1.07. The molecule has 1 aromatic heterocycles. The van der Waals surface area contributed by atoms with Crippen LogP contribution in [0.3, 0.4) is 0 Å². The van der Waals surface area contributed by atoms with Crippen molar-refractivity contribution in [1.82, 2.24) is 4.98 Å². The third-order valence-electron chi connectivity index (χ3n) is 2.89. The highest BCUT2D eigenvalue weighted by Crippen LogP contribution is 2.22. The van der Waals surface area contributed by atoms with Gasteiger partial charge in [-0.15, -0.1) is 0 Å². The maximum atomic E-state index is 11.6. The van der Waals surface area contributed by atoms with E-state index < -0.39 is 5.41 Å². The Bertz CT molecular complexity index is 401. The summed E-state index contributed by atoms with van der Waals surface area (Å²) >= 11 is 0. The summed E-state index contributed by atoms with van der Waals surface area (Å²) in [5.41, 5.74) is -0.449. The molecule has 3 nitrogen and oxygen atoms in total. The number of hydrogen-bond donors (Lipinski definition) is 0. The second-order valence-electron chi connectivity index (χ2n) is 3.91. The van der Waals surface area contributed by atoms with Crippen LogP contribution in [0.1, 0.15) is 26.5 Å². The molecule has 0 fully saturated rings. The van der Waals surface area contributed by atoms with E-state index in [9.17, 15) is 9.59 Å². The van der Waals surface area contributed by atoms with Crippen molar-refractivity contribution in [3.05, 3.63) is 24.0 Å². The Labute approximate surface area is 92.3 Å². The fourth-order valence-corrected chi connectivity index (χ4v) is 2.41. The number of carbonyl (C=O) groups is 2. The van der Waals surface area contributed by atoms with E-state index in [-0.39, 0.29) is 11.6 Å². The number of rotatable bonds is 3. The highest BCUT2D eigenvalue weighted by molar-refractivity contribution is 6.34.